The number of nitrogens with zero attached hydrogens (tertiary/aromatic N) is 3. The monoisotopic (exact) mass is 343 g/mol. The Kier molecular flexibility index (Phi) is 5.68. The maximum absolute atomic E-state index is 12.6. The first-order chi connectivity index (χ1) is 12.1. The number of amides is 1. The summed E-state index contributed by atoms with van der Waals surface area (Å²) >= 11 is 0. The summed E-state index contributed by atoms with van der Waals surface area (Å²) < 4.78 is 1.75. The quantitative estimate of drug-likeness (QED) is 0.647. The second-order valence-electron chi connectivity index (χ2n) is 7.13. The van der Waals surface area contributed by atoms with Crippen LogP contribution in [0, 0.1) is 20.8 Å². The van der Waals surface area contributed by atoms with Crippen LogP contribution in [-0.4, -0.2) is 39.6 Å². The van der Waals surface area contributed by atoms with Gasteiger partial charge in [-0.1, -0.05) is 25.7 Å². The van der Waals surface area contributed by atoms with Gasteiger partial charge in [0.1, 0.15) is 5.56 Å². The van der Waals surface area contributed by atoms with Gasteiger partial charge in [0.2, 0.25) is 0 Å². The lowest BCUT2D eigenvalue weighted by molar-refractivity contribution is 0.0954. The molecule has 0 atom stereocenters. The van der Waals surface area contributed by atoms with Gasteiger partial charge in [0.25, 0.3) is 5.91 Å². The number of fused-ring (bicyclic) bond motifs is 1. The van der Waals surface area contributed by atoms with Gasteiger partial charge in [0, 0.05) is 30.5 Å². The standard InChI is InChI=1S/C19H29N5O/c1-13-12-14(2)24-18(22-13)17(15(3)23-24)19(25)21-11-10-20-16-8-6-4-5-7-9-16/h12,16,20H,4-11H2,1-3H3,(H,21,25). The van der Waals surface area contributed by atoms with E-state index in [9.17, 15) is 4.79 Å². The van der Waals surface area contributed by atoms with Gasteiger partial charge < -0.3 is 10.6 Å². The second-order valence-corrected chi connectivity index (χ2v) is 7.13. The van der Waals surface area contributed by atoms with Crippen molar-refractivity contribution in [3.8, 4) is 0 Å². The summed E-state index contributed by atoms with van der Waals surface area (Å²) in [6, 6.07) is 2.57. The SMILES string of the molecule is Cc1cc(C)n2nc(C)c(C(=O)NCCNC3CCCCCC3)c2n1. The summed E-state index contributed by atoms with van der Waals surface area (Å²) in [6.45, 7) is 7.21. The van der Waals surface area contributed by atoms with Crippen molar-refractivity contribution in [3.63, 3.8) is 0 Å². The van der Waals surface area contributed by atoms with Crippen LogP contribution in [0.3, 0.4) is 0 Å². The summed E-state index contributed by atoms with van der Waals surface area (Å²) in [5.41, 5.74) is 3.83. The van der Waals surface area contributed by atoms with Gasteiger partial charge in [-0.2, -0.15) is 5.10 Å². The number of carbonyl (C=O) groups excluding carboxylic acids is 1. The minimum atomic E-state index is -0.0901. The average Bonchev–Trinajstić information content (AvgIpc) is 2.74. The van der Waals surface area contributed by atoms with Crippen LogP contribution in [0.1, 0.15) is 66.0 Å². The third kappa shape index (κ3) is 4.18. The Balaban J connectivity index is 1.60. The molecule has 6 heteroatoms. The highest BCUT2D eigenvalue weighted by Gasteiger charge is 2.19. The normalized spacial score (nSPS) is 16.1. The molecule has 6 nitrogen and oxygen atoms in total. The maximum Gasteiger partial charge on any atom is 0.257 e. The third-order valence-corrected chi connectivity index (χ3v) is 5.00. The van der Waals surface area contributed by atoms with E-state index in [0.29, 0.717) is 23.8 Å². The molecule has 1 amide bonds. The van der Waals surface area contributed by atoms with E-state index in [-0.39, 0.29) is 5.91 Å². The van der Waals surface area contributed by atoms with Crippen molar-refractivity contribution >= 4 is 11.6 Å². The van der Waals surface area contributed by atoms with Crippen molar-refractivity contribution < 1.29 is 4.79 Å². The lowest BCUT2D eigenvalue weighted by Gasteiger charge is -2.16. The third-order valence-electron chi connectivity index (χ3n) is 5.00. The lowest BCUT2D eigenvalue weighted by Crippen LogP contribution is -2.37. The molecule has 2 aromatic heterocycles. The first kappa shape index (κ1) is 17.9. The van der Waals surface area contributed by atoms with E-state index in [1.165, 1.54) is 38.5 Å². The minimum absolute atomic E-state index is 0.0901. The molecule has 2 aromatic rings. The number of aryl methyl sites for hydroxylation is 3. The van der Waals surface area contributed by atoms with Crippen LogP contribution in [-0.2, 0) is 0 Å². The fraction of sp³-hybridized carbons (Fsp3) is 0.632. The zero-order chi connectivity index (χ0) is 17.8. The highest BCUT2D eigenvalue weighted by Crippen LogP contribution is 2.17. The molecule has 2 heterocycles. The second kappa shape index (κ2) is 7.95. The Morgan fingerprint density at radius 3 is 2.60 bits per heavy atom. The van der Waals surface area contributed by atoms with E-state index in [1.54, 1.807) is 4.52 Å². The van der Waals surface area contributed by atoms with Gasteiger partial charge in [0.15, 0.2) is 5.65 Å². The maximum atomic E-state index is 12.6. The zero-order valence-corrected chi connectivity index (χ0v) is 15.6. The largest absolute Gasteiger partial charge is 0.351 e. The van der Waals surface area contributed by atoms with E-state index < -0.39 is 0 Å². The molecule has 0 bridgehead atoms. The van der Waals surface area contributed by atoms with E-state index in [1.807, 2.05) is 26.8 Å². The number of carbonyl (C=O) groups is 1. The first-order valence-corrected chi connectivity index (χ1v) is 9.41. The highest BCUT2D eigenvalue weighted by molar-refractivity contribution is 6.01. The molecule has 0 radical (unpaired) electrons. The number of hydrogen-bond donors (Lipinski definition) is 2. The molecule has 136 valence electrons. The molecule has 1 saturated carbocycles. The Morgan fingerprint density at radius 2 is 1.88 bits per heavy atom. The molecule has 1 aliphatic carbocycles. The molecule has 0 aliphatic heterocycles. The Morgan fingerprint density at radius 1 is 1.16 bits per heavy atom. The van der Waals surface area contributed by atoms with Crippen LogP contribution in [0.4, 0.5) is 0 Å². The van der Waals surface area contributed by atoms with Crippen LogP contribution in [0.15, 0.2) is 6.07 Å². The molecule has 1 fully saturated rings. The Hall–Kier alpha value is -1.95. The smallest absolute Gasteiger partial charge is 0.257 e. The van der Waals surface area contributed by atoms with Crippen molar-refractivity contribution in [2.45, 2.75) is 65.3 Å². The van der Waals surface area contributed by atoms with Gasteiger partial charge in [0.05, 0.1) is 5.69 Å². The van der Waals surface area contributed by atoms with E-state index >= 15 is 0 Å². The predicted octanol–water partition coefficient (Wildman–Crippen LogP) is 2.70. The van der Waals surface area contributed by atoms with E-state index in [4.69, 9.17) is 0 Å². The minimum Gasteiger partial charge on any atom is -0.351 e. The number of hydrogen-bond acceptors (Lipinski definition) is 4. The molecule has 0 saturated heterocycles. The Bertz CT molecular complexity index is 744. The zero-order valence-electron chi connectivity index (χ0n) is 15.6. The first-order valence-electron chi connectivity index (χ1n) is 9.41. The fourth-order valence-electron chi connectivity index (χ4n) is 3.72. The van der Waals surface area contributed by atoms with E-state index in [2.05, 4.69) is 20.7 Å². The molecule has 1 aliphatic rings. The Labute approximate surface area is 149 Å². The predicted molar refractivity (Wildman–Crippen MR) is 99.0 cm³/mol. The topological polar surface area (TPSA) is 71.3 Å². The molecular weight excluding hydrogens is 314 g/mol. The molecule has 25 heavy (non-hydrogen) atoms. The molecule has 0 spiro atoms. The van der Waals surface area contributed by atoms with Crippen LogP contribution < -0.4 is 10.6 Å². The summed E-state index contributed by atoms with van der Waals surface area (Å²) in [7, 11) is 0. The van der Waals surface area contributed by atoms with Crippen molar-refractivity contribution in [1.82, 2.24) is 25.2 Å². The van der Waals surface area contributed by atoms with Crippen LogP contribution >= 0.6 is 0 Å². The molecule has 0 aromatic carbocycles. The van der Waals surface area contributed by atoms with Crippen LogP contribution in [0.2, 0.25) is 0 Å². The van der Waals surface area contributed by atoms with Gasteiger partial charge in [-0.25, -0.2) is 9.50 Å². The number of aromatic nitrogens is 3. The summed E-state index contributed by atoms with van der Waals surface area (Å²) in [6.07, 6.45) is 7.85. The lowest BCUT2D eigenvalue weighted by atomic mass is 10.1. The van der Waals surface area contributed by atoms with Crippen molar-refractivity contribution in [1.29, 1.82) is 0 Å². The van der Waals surface area contributed by atoms with Crippen LogP contribution in [0.25, 0.3) is 5.65 Å². The highest BCUT2D eigenvalue weighted by atomic mass is 16.1. The van der Waals surface area contributed by atoms with Crippen molar-refractivity contribution in [3.05, 3.63) is 28.7 Å². The number of nitrogens with one attached hydrogen (secondary N) is 2. The van der Waals surface area contributed by atoms with Gasteiger partial charge in [-0.3, -0.25) is 4.79 Å². The molecule has 3 rings (SSSR count). The van der Waals surface area contributed by atoms with Crippen LogP contribution in [0.5, 0.6) is 0 Å². The fourth-order valence-corrected chi connectivity index (χ4v) is 3.72. The number of rotatable bonds is 5. The van der Waals surface area contributed by atoms with Gasteiger partial charge >= 0.3 is 0 Å². The molecular formula is C19H29N5O. The average molecular weight is 343 g/mol. The summed E-state index contributed by atoms with van der Waals surface area (Å²) in [5.74, 6) is -0.0901. The summed E-state index contributed by atoms with van der Waals surface area (Å²) in [5, 5.41) is 11.1. The van der Waals surface area contributed by atoms with Crippen molar-refractivity contribution in [2.24, 2.45) is 0 Å². The van der Waals surface area contributed by atoms with Gasteiger partial charge in [-0.15, -0.1) is 0 Å². The molecule has 0 unspecified atom stereocenters. The van der Waals surface area contributed by atoms with Gasteiger partial charge in [-0.05, 0) is 39.7 Å². The summed E-state index contributed by atoms with van der Waals surface area (Å²) in [4.78, 5) is 17.2. The molecule has 2 N–H and O–H groups in total. The van der Waals surface area contributed by atoms with E-state index in [0.717, 1.165) is 23.6 Å². The van der Waals surface area contributed by atoms with Crippen molar-refractivity contribution in [2.75, 3.05) is 13.1 Å².